The summed E-state index contributed by atoms with van der Waals surface area (Å²) in [5.41, 5.74) is 1.04. The van der Waals surface area contributed by atoms with Gasteiger partial charge in [0, 0.05) is 29.6 Å². The summed E-state index contributed by atoms with van der Waals surface area (Å²) < 4.78 is 10.9. The molecular formula is C22H27ClN2O3S. The Hall–Kier alpha value is -1.73. The number of amides is 1. The number of benzene rings is 2. The van der Waals surface area contributed by atoms with E-state index in [2.05, 4.69) is 10.2 Å². The Balaban J connectivity index is 1.55. The van der Waals surface area contributed by atoms with Crippen LogP contribution in [0.4, 0.5) is 0 Å². The molecule has 1 aliphatic heterocycles. The van der Waals surface area contributed by atoms with Crippen molar-refractivity contribution in [2.45, 2.75) is 17.9 Å². The predicted molar refractivity (Wildman–Crippen MR) is 118 cm³/mol. The molecule has 5 nitrogen and oxygen atoms in total. The molecule has 2 aromatic carbocycles. The van der Waals surface area contributed by atoms with Crippen LogP contribution in [-0.4, -0.2) is 56.0 Å². The van der Waals surface area contributed by atoms with Crippen LogP contribution in [0.1, 0.15) is 18.5 Å². The molecule has 156 valence electrons. The Morgan fingerprint density at radius 3 is 2.62 bits per heavy atom. The molecule has 0 radical (unpaired) electrons. The van der Waals surface area contributed by atoms with Crippen LogP contribution in [0.15, 0.2) is 53.4 Å². The summed E-state index contributed by atoms with van der Waals surface area (Å²) in [6.07, 6.45) is 0. The van der Waals surface area contributed by atoms with Crippen molar-refractivity contribution < 1.29 is 14.3 Å². The van der Waals surface area contributed by atoms with Gasteiger partial charge in [-0.05, 0) is 42.8 Å². The van der Waals surface area contributed by atoms with Crippen LogP contribution in [0.3, 0.4) is 0 Å². The van der Waals surface area contributed by atoms with Crippen molar-refractivity contribution in [2.24, 2.45) is 0 Å². The summed E-state index contributed by atoms with van der Waals surface area (Å²) in [5, 5.41) is 3.81. The minimum atomic E-state index is 0.00852. The van der Waals surface area contributed by atoms with E-state index in [0.717, 1.165) is 34.3 Å². The molecular weight excluding hydrogens is 408 g/mol. The summed E-state index contributed by atoms with van der Waals surface area (Å²) in [6, 6.07) is 15.7. The quantitative estimate of drug-likeness (QED) is 0.604. The highest BCUT2D eigenvalue weighted by Gasteiger charge is 2.24. The van der Waals surface area contributed by atoms with E-state index >= 15 is 0 Å². The normalized spacial score (nSPS) is 15.7. The highest BCUT2D eigenvalue weighted by molar-refractivity contribution is 8.00. The van der Waals surface area contributed by atoms with Crippen LogP contribution in [0.5, 0.6) is 5.75 Å². The average Bonchev–Trinajstić information content (AvgIpc) is 2.75. The first-order valence-corrected chi connectivity index (χ1v) is 11.2. The van der Waals surface area contributed by atoms with Gasteiger partial charge in [-0.25, -0.2) is 0 Å². The molecule has 1 heterocycles. The maximum Gasteiger partial charge on any atom is 0.230 e. The average molecular weight is 435 g/mol. The zero-order valence-electron chi connectivity index (χ0n) is 16.6. The van der Waals surface area contributed by atoms with E-state index in [-0.39, 0.29) is 11.9 Å². The number of halogens is 1. The first-order valence-electron chi connectivity index (χ1n) is 9.86. The number of nitrogens with zero attached hydrogens (tertiary/aromatic N) is 1. The lowest BCUT2D eigenvalue weighted by molar-refractivity contribution is -0.118. The van der Waals surface area contributed by atoms with Crippen molar-refractivity contribution in [1.82, 2.24) is 10.2 Å². The fourth-order valence-electron chi connectivity index (χ4n) is 3.28. The lowest BCUT2D eigenvalue weighted by Gasteiger charge is -2.35. The minimum absolute atomic E-state index is 0.00852. The number of hydrogen-bond acceptors (Lipinski definition) is 5. The smallest absolute Gasteiger partial charge is 0.230 e. The molecule has 0 aliphatic carbocycles. The molecule has 0 saturated carbocycles. The molecule has 7 heteroatoms. The van der Waals surface area contributed by atoms with E-state index in [0.29, 0.717) is 32.1 Å². The second kappa shape index (κ2) is 11.5. The predicted octanol–water partition coefficient (Wildman–Crippen LogP) is 4.02. The highest BCUT2D eigenvalue weighted by Crippen LogP contribution is 2.28. The molecule has 3 rings (SSSR count). The Bertz CT molecular complexity index is 782. The van der Waals surface area contributed by atoms with Crippen LogP contribution in [0.2, 0.25) is 5.02 Å². The lowest BCUT2D eigenvalue weighted by atomic mass is 10.0. The summed E-state index contributed by atoms with van der Waals surface area (Å²) in [5.74, 6) is 1.22. The fraction of sp³-hybridized carbons (Fsp3) is 0.409. The van der Waals surface area contributed by atoms with E-state index in [1.807, 2.05) is 55.5 Å². The van der Waals surface area contributed by atoms with E-state index in [1.54, 1.807) is 0 Å². The van der Waals surface area contributed by atoms with Gasteiger partial charge < -0.3 is 14.8 Å². The first-order chi connectivity index (χ1) is 14.2. The maximum absolute atomic E-state index is 12.5. The third-order valence-electron chi connectivity index (χ3n) is 4.75. The molecule has 0 spiro atoms. The SMILES string of the molecule is CCOc1ccc(SCC(=O)NCC(c2ccccc2Cl)N2CCOCC2)cc1. The summed E-state index contributed by atoms with van der Waals surface area (Å²) in [7, 11) is 0. The third-order valence-corrected chi connectivity index (χ3v) is 6.10. The largest absolute Gasteiger partial charge is 0.494 e. The number of carbonyl (C=O) groups is 1. The topological polar surface area (TPSA) is 50.8 Å². The molecule has 1 saturated heterocycles. The van der Waals surface area contributed by atoms with Gasteiger partial charge in [0.05, 0.1) is 31.6 Å². The number of thioether (sulfide) groups is 1. The van der Waals surface area contributed by atoms with Gasteiger partial charge in [-0.3, -0.25) is 9.69 Å². The lowest BCUT2D eigenvalue weighted by Crippen LogP contribution is -2.44. The number of ether oxygens (including phenoxy) is 2. The molecule has 1 unspecified atom stereocenters. The van der Waals surface area contributed by atoms with Gasteiger partial charge in [0.15, 0.2) is 0 Å². The number of morpholine rings is 1. The van der Waals surface area contributed by atoms with Crippen LogP contribution in [0.25, 0.3) is 0 Å². The number of rotatable bonds is 9. The zero-order chi connectivity index (χ0) is 20.5. The Kier molecular flexibility index (Phi) is 8.68. The van der Waals surface area contributed by atoms with Gasteiger partial charge in [0.25, 0.3) is 0 Å². The maximum atomic E-state index is 12.5. The van der Waals surface area contributed by atoms with Crippen LogP contribution < -0.4 is 10.1 Å². The van der Waals surface area contributed by atoms with Crippen molar-refractivity contribution in [1.29, 1.82) is 0 Å². The van der Waals surface area contributed by atoms with Crippen molar-refractivity contribution >= 4 is 29.3 Å². The van der Waals surface area contributed by atoms with E-state index < -0.39 is 0 Å². The third kappa shape index (κ3) is 6.64. The first kappa shape index (κ1) is 22.0. The number of hydrogen-bond donors (Lipinski definition) is 1. The number of carbonyl (C=O) groups excluding carboxylic acids is 1. The van der Waals surface area contributed by atoms with Gasteiger partial charge in [0.2, 0.25) is 5.91 Å². The zero-order valence-corrected chi connectivity index (χ0v) is 18.2. The Labute approximate surface area is 181 Å². The fourth-order valence-corrected chi connectivity index (χ4v) is 4.27. The molecule has 29 heavy (non-hydrogen) atoms. The van der Waals surface area contributed by atoms with Crippen molar-refractivity contribution in [3.8, 4) is 5.75 Å². The van der Waals surface area contributed by atoms with E-state index in [4.69, 9.17) is 21.1 Å². The molecule has 0 aromatic heterocycles. The Morgan fingerprint density at radius 2 is 1.93 bits per heavy atom. The molecule has 1 atom stereocenters. The molecule has 0 bridgehead atoms. The van der Waals surface area contributed by atoms with Crippen molar-refractivity contribution in [2.75, 3.05) is 45.2 Å². The Morgan fingerprint density at radius 1 is 1.21 bits per heavy atom. The van der Waals surface area contributed by atoms with E-state index in [9.17, 15) is 4.79 Å². The van der Waals surface area contributed by atoms with E-state index in [1.165, 1.54) is 11.8 Å². The van der Waals surface area contributed by atoms with Gasteiger partial charge in [0.1, 0.15) is 5.75 Å². The van der Waals surface area contributed by atoms with Crippen LogP contribution in [0, 0.1) is 0 Å². The summed E-state index contributed by atoms with van der Waals surface area (Å²) in [6.45, 7) is 6.17. The molecule has 2 aromatic rings. The molecule has 1 aliphatic rings. The second-order valence-electron chi connectivity index (χ2n) is 6.68. The van der Waals surface area contributed by atoms with Gasteiger partial charge in [-0.1, -0.05) is 29.8 Å². The summed E-state index contributed by atoms with van der Waals surface area (Å²) >= 11 is 7.96. The van der Waals surface area contributed by atoms with Gasteiger partial charge in [-0.2, -0.15) is 0 Å². The monoisotopic (exact) mass is 434 g/mol. The minimum Gasteiger partial charge on any atom is -0.494 e. The second-order valence-corrected chi connectivity index (χ2v) is 8.14. The molecule has 1 fully saturated rings. The molecule has 1 N–H and O–H groups in total. The van der Waals surface area contributed by atoms with Crippen molar-refractivity contribution in [3.05, 3.63) is 59.1 Å². The standard InChI is InChI=1S/C22H27ClN2O3S/c1-2-28-17-7-9-18(10-8-17)29-16-22(26)24-15-21(25-11-13-27-14-12-25)19-5-3-4-6-20(19)23/h3-10,21H,2,11-16H2,1H3,(H,24,26). The van der Waals surface area contributed by atoms with Gasteiger partial charge in [-0.15, -0.1) is 11.8 Å². The van der Waals surface area contributed by atoms with Crippen LogP contribution in [-0.2, 0) is 9.53 Å². The van der Waals surface area contributed by atoms with Gasteiger partial charge >= 0.3 is 0 Å². The van der Waals surface area contributed by atoms with Crippen LogP contribution >= 0.6 is 23.4 Å². The molecule has 1 amide bonds. The number of nitrogens with one attached hydrogen (secondary N) is 1. The summed E-state index contributed by atoms with van der Waals surface area (Å²) in [4.78, 5) is 15.8. The highest BCUT2D eigenvalue weighted by atomic mass is 35.5. The van der Waals surface area contributed by atoms with Crippen molar-refractivity contribution in [3.63, 3.8) is 0 Å².